The number of unbranched alkanes of at least 4 members (excludes halogenated alkanes) is 24. The molecule has 0 aromatic rings. The van der Waals surface area contributed by atoms with Crippen LogP contribution in [0.3, 0.4) is 0 Å². The molecule has 2 atom stereocenters. The van der Waals surface area contributed by atoms with E-state index in [1.807, 2.05) is 22.9 Å². The fraction of sp³-hybridized carbons (Fsp3) is 0.920. The molecule has 0 rings (SSSR count). The molecule has 0 heterocycles. The second-order valence-corrected chi connectivity index (χ2v) is 18.6. The fourth-order valence-corrected chi connectivity index (χ4v) is 8.21. The van der Waals surface area contributed by atoms with Gasteiger partial charge in [-0.3, -0.25) is 12.7 Å². The van der Waals surface area contributed by atoms with E-state index in [4.69, 9.17) is 9.47 Å². The molecule has 0 aliphatic heterocycles. The lowest BCUT2D eigenvalue weighted by molar-refractivity contribution is -0.150. The average molecular weight is 962 g/mol. The molecule has 2 amide bonds. The molecule has 0 radical (unpaired) electrons. The van der Waals surface area contributed by atoms with E-state index in [-0.39, 0.29) is 29.7 Å². The number of halogens is 1. The highest BCUT2D eigenvalue weighted by Gasteiger charge is 2.25. The van der Waals surface area contributed by atoms with Crippen LogP contribution >= 0.6 is 22.9 Å². The second kappa shape index (κ2) is 42.9. The van der Waals surface area contributed by atoms with Crippen LogP contribution in [0.15, 0.2) is 0 Å². The molecule has 354 valence electrons. The molecular weight excluding hydrogens is 865 g/mol. The lowest BCUT2D eigenvalue weighted by Crippen LogP contribution is -2.42. The van der Waals surface area contributed by atoms with Crippen molar-refractivity contribution in [3.63, 3.8) is 0 Å². The molecule has 0 saturated heterocycles. The summed E-state index contributed by atoms with van der Waals surface area (Å²) >= 11 is 1.97. The van der Waals surface area contributed by atoms with Gasteiger partial charge >= 0.3 is 11.9 Å². The number of hydrogen-bond donors (Lipinski definition) is 1. The van der Waals surface area contributed by atoms with Crippen molar-refractivity contribution in [2.24, 2.45) is 5.92 Å². The van der Waals surface area contributed by atoms with E-state index in [0.29, 0.717) is 19.6 Å². The van der Waals surface area contributed by atoms with Crippen LogP contribution in [-0.2, 0) is 28.7 Å². The highest BCUT2D eigenvalue weighted by atomic mass is 127. The lowest BCUT2D eigenvalue weighted by Gasteiger charge is -2.21. The molecule has 10 heteroatoms. The first kappa shape index (κ1) is 58.6. The molecule has 0 aromatic carbocycles. The van der Waals surface area contributed by atoms with E-state index in [0.717, 1.165) is 110 Å². The third-order valence-corrected chi connectivity index (χ3v) is 13.4. The second-order valence-electron chi connectivity index (χ2n) is 17.6. The minimum atomic E-state index is -0.615. The largest absolute Gasteiger partial charge is 0.464 e. The molecule has 0 aromatic heterocycles. The molecule has 0 aliphatic rings. The van der Waals surface area contributed by atoms with Gasteiger partial charge in [-0.15, -0.1) is 0 Å². The van der Waals surface area contributed by atoms with Crippen molar-refractivity contribution in [1.82, 2.24) is 13.3 Å². The van der Waals surface area contributed by atoms with Crippen molar-refractivity contribution in [3.05, 3.63) is 0 Å². The number of hydrogen-bond acceptors (Lipinski definition) is 7. The van der Waals surface area contributed by atoms with Crippen molar-refractivity contribution >= 4 is 46.6 Å². The van der Waals surface area contributed by atoms with Crippen LogP contribution in [0, 0.1) is 5.92 Å². The molecule has 0 spiro atoms. The highest BCUT2D eigenvalue weighted by Crippen LogP contribution is 2.21. The molecule has 60 heavy (non-hydrogen) atoms. The molecule has 2 unspecified atom stereocenters. The zero-order chi connectivity index (χ0) is 44.5. The summed E-state index contributed by atoms with van der Waals surface area (Å²) in [5, 5.41) is 2.99. The van der Waals surface area contributed by atoms with Gasteiger partial charge < -0.3 is 19.7 Å². The monoisotopic (exact) mass is 962 g/mol. The molecular formula is C50H96IN3O6. The molecule has 0 aliphatic carbocycles. The van der Waals surface area contributed by atoms with Gasteiger partial charge in [-0.25, -0.2) is 9.59 Å². The van der Waals surface area contributed by atoms with Crippen molar-refractivity contribution in [3.8, 4) is 0 Å². The summed E-state index contributed by atoms with van der Waals surface area (Å²) in [7, 11) is 0. The number of esters is 2. The number of nitrogens with zero attached hydrogens (tertiary/aromatic N) is 2. The van der Waals surface area contributed by atoms with E-state index < -0.39 is 12.1 Å². The maximum absolute atomic E-state index is 13.2. The van der Waals surface area contributed by atoms with Gasteiger partial charge in [0.25, 0.3) is 0 Å². The Hall–Kier alpha value is -1.43. The first-order valence-electron chi connectivity index (χ1n) is 25.5. The van der Waals surface area contributed by atoms with Crippen molar-refractivity contribution in [1.29, 1.82) is 0 Å². The molecule has 9 nitrogen and oxygen atoms in total. The SMILES string of the molecule is CCCCCCCCCCCC(=O)N(I)C(C)C(=O)OCCCCCN(CC)CCCCCCCOC(=O)C(C)NC(=O)C(CCCCCCCC)CCCCCCCC. The van der Waals surface area contributed by atoms with Crippen LogP contribution < -0.4 is 5.32 Å². The molecule has 0 bridgehead atoms. The molecule has 0 fully saturated rings. The summed E-state index contributed by atoms with van der Waals surface area (Å²) in [6.07, 6.45) is 36.0. The summed E-state index contributed by atoms with van der Waals surface area (Å²) in [5.74, 6) is -0.635. The van der Waals surface area contributed by atoms with Crippen LogP contribution in [0.1, 0.15) is 247 Å². The maximum Gasteiger partial charge on any atom is 0.329 e. The third-order valence-electron chi connectivity index (χ3n) is 12.0. The summed E-state index contributed by atoms with van der Waals surface area (Å²) in [5.41, 5.74) is 0. The van der Waals surface area contributed by atoms with Gasteiger partial charge in [0.2, 0.25) is 11.8 Å². The third kappa shape index (κ3) is 34.1. The van der Waals surface area contributed by atoms with Crippen molar-refractivity contribution < 1.29 is 28.7 Å². The zero-order valence-electron chi connectivity index (χ0n) is 40.1. The van der Waals surface area contributed by atoms with Gasteiger partial charge in [0, 0.05) is 12.3 Å². The minimum Gasteiger partial charge on any atom is -0.464 e. The summed E-state index contributed by atoms with van der Waals surface area (Å²) in [6, 6.07) is -1.18. The van der Waals surface area contributed by atoms with Crippen LogP contribution in [0.4, 0.5) is 0 Å². The van der Waals surface area contributed by atoms with Gasteiger partial charge in [0.1, 0.15) is 12.1 Å². The number of ether oxygens (including phenoxy) is 2. The number of rotatable bonds is 44. The Labute approximate surface area is 384 Å². The Bertz CT molecular complexity index is 1020. The van der Waals surface area contributed by atoms with Gasteiger partial charge in [0.15, 0.2) is 0 Å². The van der Waals surface area contributed by atoms with E-state index in [2.05, 4.69) is 37.9 Å². The van der Waals surface area contributed by atoms with Crippen molar-refractivity contribution in [2.45, 2.75) is 259 Å². The maximum atomic E-state index is 13.2. The Kier molecular flexibility index (Phi) is 41.8. The van der Waals surface area contributed by atoms with Gasteiger partial charge in [-0.1, -0.05) is 175 Å². The molecule has 1 N–H and O–H groups in total. The Balaban J connectivity index is 4.12. The zero-order valence-corrected chi connectivity index (χ0v) is 42.3. The smallest absolute Gasteiger partial charge is 0.329 e. The van der Waals surface area contributed by atoms with E-state index in [9.17, 15) is 19.2 Å². The minimum absolute atomic E-state index is 0.0110. The summed E-state index contributed by atoms with van der Waals surface area (Å²) < 4.78 is 12.6. The van der Waals surface area contributed by atoms with Crippen molar-refractivity contribution in [2.75, 3.05) is 32.8 Å². The highest BCUT2D eigenvalue weighted by molar-refractivity contribution is 14.1. The van der Waals surface area contributed by atoms with Crippen LogP contribution in [0.25, 0.3) is 0 Å². The average Bonchev–Trinajstić information content (AvgIpc) is 3.24. The van der Waals surface area contributed by atoms with Gasteiger partial charge in [-0.05, 0) is 84.8 Å². The lowest BCUT2D eigenvalue weighted by atomic mass is 9.93. The molecule has 0 saturated carbocycles. The van der Waals surface area contributed by atoms with E-state index >= 15 is 0 Å². The fourth-order valence-electron chi connectivity index (χ4n) is 7.74. The first-order chi connectivity index (χ1) is 29.1. The van der Waals surface area contributed by atoms with Crippen LogP contribution in [0.2, 0.25) is 0 Å². The summed E-state index contributed by atoms with van der Waals surface area (Å²) in [6.45, 7) is 16.4. The van der Waals surface area contributed by atoms with Crippen LogP contribution in [0.5, 0.6) is 0 Å². The number of amides is 2. The van der Waals surface area contributed by atoms with Crippen LogP contribution in [-0.4, -0.2) is 76.7 Å². The topological polar surface area (TPSA) is 105 Å². The quantitative estimate of drug-likeness (QED) is 0.0281. The Morgan fingerprint density at radius 1 is 0.500 bits per heavy atom. The van der Waals surface area contributed by atoms with E-state index in [1.165, 1.54) is 112 Å². The predicted molar refractivity (Wildman–Crippen MR) is 260 cm³/mol. The Morgan fingerprint density at radius 2 is 0.883 bits per heavy atom. The number of nitrogens with one attached hydrogen (secondary N) is 1. The van der Waals surface area contributed by atoms with Gasteiger partial charge in [0.05, 0.1) is 36.1 Å². The predicted octanol–water partition coefficient (Wildman–Crippen LogP) is 13.6. The summed E-state index contributed by atoms with van der Waals surface area (Å²) in [4.78, 5) is 53.6. The number of carbonyl (C=O) groups is 4. The Morgan fingerprint density at radius 3 is 1.35 bits per heavy atom. The van der Waals surface area contributed by atoms with Gasteiger partial charge in [-0.2, -0.15) is 0 Å². The van der Waals surface area contributed by atoms with E-state index in [1.54, 1.807) is 13.8 Å². The first-order valence-corrected chi connectivity index (χ1v) is 26.4. The standard InChI is InChI=1S/C50H96IN3O6/c1-7-11-14-17-20-21-22-26-32-39-47(55)54(51)45(6)50(58)60-43-36-29-34-41-53(10-4)40-33-27-23-28-35-42-59-49(57)44(5)52-48(56)46(37-30-24-18-15-12-8-2)38-31-25-19-16-13-9-3/h44-46H,7-43H2,1-6H3,(H,52,56). The normalized spacial score (nSPS) is 12.5. The number of carbonyl (C=O) groups excluding carboxylic acids is 4.